The summed E-state index contributed by atoms with van der Waals surface area (Å²) in [6, 6.07) is 2.87. The topological polar surface area (TPSA) is 91.2 Å². The van der Waals surface area contributed by atoms with Gasteiger partial charge in [0, 0.05) is 32.4 Å². The number of fused-ring (bicyclic) bond motifs is 1. The molecule has 0 aliphatic carbocycles. The molecular formula is C22H24F3N5O3. The maximum Gasteiger partial charge on any atom is 0.416 e. The first-order chi connectivity index (χ1) is 15.8. The zero-order valence-corrected chi connectivity index (χ0v) is 18.2. The van der Waals surface area contributed by atoms with Gasteiger partial charge in [-0.15, -0.1) is 0 Å². The van der Waals surface area contributed by atoms with E-state index in [1.54, 1.807) is 18.6 Å². The van der Waals surface area contributed by atoms with Crippen LogP contribution >= 0.6 is 0 Å². The lowest BCUT2D eigenvalue weighted by molar-refractivity contribution is -0.137. The van der Waals surface area contributed by atoms with Crippen molar-refractivity contribution < 1.29 is 27.4 Å². The molecule has 1 aliphatic heterocycles. The zero-order chi connectivity index (χ0) is 23.6. The van der Waals surface area contributed by atoms with Crippen LogP contribution in [0.1, 0.15) is 40.0 Å². The van der Waals surface area contributed by atoms with Crippen molar-refractivity contribution in [2.24, 2.45) is 5.92 Å². The van der Waals surface area contributed by atoms with Crippen LogP contribution in [0, 0.1) is 12.8 Å². The molecule has 0 bridgehead atoms. The molecule has 176 valence electrons. The lowest BCUT2D eigenvalue weighted by Gasteiger charge is -2.24. The molecule has 0 radical (unpaired) electrons. The maximum absolute atomic E-state index is 13.3. The van der Waals surface area contributed by atoms with Gasteiger partial charge in [-0.05, 0) is 31.5 Å². The minimum absolute atomic E-state index is 0.104. The average molecular weight is 463 g/mol. The number of nitrogens with one attached hydrogen (secondary N) is 1. The highest BCUT2D eigenvalue weighted by atomic mass is 19.4. The van der Waals surface area contributed by atoms with Gasteiger partial charge in [0.1, 0.15) is 11.5 Å². The molecule has 1 aliphatic rings. The SMILES string of the molecule is COCCn1c([C@@H](NC(=O)c2cnc(C)cn2)[C@H]2CCOC2)nc2cc(C(F)(F)F)ccc21. The van der Waals surface area contributed by atoms with Crippen molar-refractivity contribution in [3.8, 4) is 0 Å². The summed E-state index contributed by atoms with van der Waals surface area (Å²) in [6.45, 7) is 3.37. The van der Waals surface area contributed by atoms with E-state index in [4.69, 9.17) is 9.47 Å². The summed E-state index contributed by atoms with van der Waals surface area (Å²) >= 11 is 0. The predicted molar refractivity (Wildman–Crippen MR) is 113 cm³/mol. The monoisotopic (exact) mass is 463 g/mol. The molecule has 0 spiro atoms. The Balaban J connectivity index is 1.77. The third-order valence-electron chi connectivity index (χ3n) is 5.64. The number of hydrogen-bond acceptors (Lipinski definition) is 6. The predicted octanol–water partition coefficient (Wildman–Crippen LogP) is 3.31. The van der Waals surface area contributed by atoms with E-state index >= 15 is 0 Å². The summed E-state index contributed by atoms with van der Waals surface area (Å²) < 4.78 is 52.4. The number of rotatable bonds is 7. The number of amides is 1. The Morgan fingerprint density at radius 1 is 1.33 bits per heavy atom. The van der Waals surface area contributed by atoms with E-state index in [9.17, 15) is 18.0 Å². The van der Waals surface area contributed by atoms with Crippen LogP contribution in [0.15, 0.2) is 30.6 Å². The van der Waals surface area contributed by atoms with Gasteiger partial charge in [-0.2, -0.15) is 13.2 Å². The van der Waals surface area contributed by atoms with Gasteiger partial charge in [0.2, 0.25) is 0 Å². The molecule has 3 aromatic rings. The Bertz CT molecular complexity index is 1120. The molecule has 33 heavy (non-hydrogen) atoms. The van der Waals surface area contributed by atoms with Gasteiger partial charge in [0.15, 0.2) is 0 Å². The van der Waals surface area contributed by atoms with Crippen LogP contribution in [0.5, 0.6) is 0 Å². The van der Waals surface area contributed by atoms with Gasteiger partial charge in [0.25, 0.3) is 5.91 Å². The van der Waals surface area contributed by atoms with Crippen LogP contribution in [-0.4, -0.2) is 52.4 Å². The lowest BCUT2D eigenvalue weighted by Crippen LogP contribution is -2.36. The quantitative estimate of drug-likeness (QED) is 0.578. The first-order valence-electron chi connectivity index (χ1n) is 10.5. The second-order valence-electron chi connectivity index (χ2n) is 7.93. The third-order valence-corrected chi connectivity index (χ3v) is 5.64. The summed E-state index contributed by atoms with van der Waals surface area (Å²) in [7, 11) is 1.54. The fourth-order valence-electron chi connectivity index (χ4n) is 3.91. The molecule has 2 atom stereocenters. The molecule has 0 saturated carbocycles. The van der Waals surface area contributed by atoms with Crippen LogP contribution in [0.25, 0.3) is 11.0 Å². The van der Waals surface area contributed by atoms with Crippen LogP contribution in [0.4, 0.5) is 13.2 Å². The largest absolute Gasteiger partial charge is 0.416 e. The van der Waals surface area contributed by atoms with E-state index in [0.29, 0.717) is 49.8 Å². The number of benzene rings is 1. The van der Waals surface area contributed by atoms with Crippen LogP contribution in [-0.2, 0) is 22.2 Å². The molecule has 11 heteroatoms. The summed E-state index contributed by atoms with van der Waals surface area (Å²) in [6.07, 6.45) is -0.932. The Hall–Kier alpha value is -3.05. The number of nitrogens with zero attached hydrogens (tertiary/aromatic N) is 4. The number of hydrogen-bond donors (Lipinski definition) is 1. The molecule has 2 aromatic heterocycles. The van der Waals surface area contributed by atoms with Gasteiger partial charge in [-0.3, -0.25) is 9.78 Å². The van der Waals surface area contributed by atoms with Crippen molar-refractivity contribution in [2.75, 3.05) is 26.9 Å². The van der Waals surface area contributed by atoms with E-state index in [0.717, 1.165) is 12.1 Å². The Morgan fingerprint density at radius 3 is 2.79 bits per heavy atom. The van der Waals surface area contributed by atoms with Crippen LogP contribution in [0.2, 0.25) is 0 Å². The molecule has 1 N–H and O–H groups in total. The van der Waals surface area contributed by atoms with Crippen molar-refractivity contribution in [3.05, 3.63) is 53.4 Å². The van der Waals surface area contributed by atoms with Crippen molar-refractivity contribution >= 4 is 16.9 Å². The molecule has 0 unspecified atom stereocenters. The number of imidazole rings is 1. The minimum atomic E-state index is -4.48. The van der Waals surface area contributed by atoms with E-state index in [1.807, 2.05) is 0 Å². The van der Waals surface area contributed by atoms with E-state index < -0.39 is 23.7 Å². The highest BCUT2D eigenvalue weighted by Crippen LogP contribution is 2.34. The number of halogens is 3. The Kier molecular flexibility index (Phi) is 6.61. The van der Waals surface area contributed by atoms with Crippen molar-refractivity contribution in [2.45, 2.75) is 32.1 Å². The molecule has 3 heterocycles. The highest BCUT2D eigenvalue weighted by molar-refractivity contribution is 5.92. The average Bonchev–Trinajstić information content (AvgIpc) is 3.43. The fraction of sp³-hybridized carbons (Fsp3) is 0.455. The van der Waals surface area contributed by atoms with Gasteiger partial charge in [-0.1, -0.05) is 0 Å². The smallest absolute Gasteiger partial charge is 0.383 e. The molecule has 4 rings (SSSR count). The highest BCUT2D eigenvalue weighted by Gasteiger charge is 2.35. The Labute approximate surface area is 188 Å². The summed E-state index contributed by atoms with van der Waals surface area (Å²) in [5, 5.41) is 2.97. The number of aryl methyl sites for hydroxylation is 1. The number of methoxy groups -OCH3 is 1. The van der Waals surface area contributed by atoms with Gasteiger partial charge < -0.3 is 19.4 Å². The van der Waals surface area contributed by atoms with Gasteiger partial charge in [0.05, 0.1) is 47.7 Å². The number of alkyl halides is 3. The maximum atomic E-state index is 13.3. The summed E-state index contributed by atoms with van der Waals surface area (Å²) in [5.41, 5.74) is 0.766. The fourth-order valence-corrected chi connectivity index (χ4v) is 3.91. The standard InChI is InChI=1S/C22H24F3N5O3/c1-13-10-27-17(11-26-13)21(31)29-19(14-5-7-33-12-14)20-28-16-9-15(22(23,24)25)3-4-18(16)30(20)6-8-32-2/h3-4,9-11,14,19H,5-8,12H2,1-2H3,(H,29,31)/t14-,19-/m0/s1. The van der Waals surface area contributed by atoms with Gasteiger partial charge in [-0.25, -0.2) is 9.97 Å². The molecule has 1 amide bonds. The lowest BCUT2D eigenvalue weighted by atomic mass is 9.98. The van der Waals surface area contributed by atoms with Gasteiger partial charge >= 0.3 is 6.18 Å². The summed E-state index contributed by atoms with van der Waals surface area (Å²) in [4.78, 5) is 25.7. The Morgan fingerprint density at radius 2 is 2.15 bits per heavy atom. The van der Waals surface area contributed by atoms with E-state index in [1.165, 1.54) is 18.5 Å². The molecule has 1 saturated heterocycles. The van der Waals surface area contributed by atoms with E-state index in [2.05, 4.69) is 20.3 Å². The van der Waals surface area contributed by atoms with Crippen molar-refractivity contribution in [3.63, 3.8) is 0 Å². The number of ether oxygens (including phenoxy) is 2. The summed E-state index contributed by atoms with van der Waals surface area (Å²) in [5.74, 6) is -0.0985. The third kappa shape index (κ3) is 4.98. The van der Waals surface area contributed by atoms with E-state index in [-0.39, 0.29) is 17.1 Å². The molecular weight excluding hydrogens is 439 g/mol. The number of aromatic nitrogens is 4. The number of carbonyl (C=O) groups excluding carboxylic acids is 1. The first kappa shape index (κ1) is 23.1. The zero-order valence-electron chi connectivity index (χ0n) is 18.2. The molecule has 1 fully saturated rings. The van der Waals surface area contributed by atoms with Crippen LogP contribution < -0.4 is 5.32 Å². The second-order valence-corrected chi connectivity index (χ2v) is 7.93. The van der Waals surface area contributed by atoms with Crippen molar-refractivity contribution in [1.29, 1.82) is 0 Å². The molecule has 8 nitrogen and oxygen atoms in total. The minimum Gasteiger partial charge on any atom is -0.383 e. The second kappa shape index (κ2) is 9.44. The number of carbonyl (C=O) groups is 1. The van der Waals surface area contributed by atoms with Crippen molar-refractivity contribution in [1.82, 2.24) is 24.8 Å². The first-order valence-corrected chi connectivity index (χ1v) is 10.5. The normalized spacial score (nSPS) is 17.4. The van der Waals surface area contributed by atoms with Crippen LogP contribution in [0.3, 0.4) is 0 Å². The molecule has 1 aromatic carbocycles.